The average Bonchev–Trinajstić information content (AvgIpc) is 1.85. The summed E-state index contributed by atoms with van der Waals surface area (Å²) < 4.78 is 0. The van der Waals surface area contributed by atoms with Gasteiger partial charge >= 0.3 is 0 Å². The largest absolute Gasteiger partial charge is 0.302 e. The molecule has 0 bridgehead atoms. The third-order valence-electron chi connectivity index (χ3n) is 1.88. The van der Waals surface area contributed by atoms with Crippen LogP contribution in [0.25, 0.3) is 0 Å². The fourth-order valence-corrected chi connectivity index (χ4v) is 1.11. The van der Waals surface area contributed by atoms with Crippen LogP contribution in [0.1, 0.15) is 27.2 Å². The Kier molecular flexibility index (Phi) is 5.10. The first kappa shape index (κ1) is 10.2. The van der Waals surface area contributed by atoms with Gasteiger partial charge in [0.05, 0.1) is 0 Å². The Morgan fingerprint density at radius 3 is 2.20 bits per heavy atom. The van der Waals surface area contributed by atoms with Crippen LogP contribution in [0.15, 0.2) is 0 Å². The molecule has 0 aromatic rings. The van der Waals surface area contributed by atoms with Crippen molar-refractivity contribution in [1.82, 2.24) is 4.90 Å². The summed E-state index contributed by atoms with van der Waals surface area (Å²) in [4.78, 5) is 2.29. The van der Waals surface area contributed by atoms with Gasteiger partial charge in [-0.25, -0.2) is 0 Å². The molecule has 0 saturated carbocycles. The third-order valence-corrected chi connectivity index (χ3v) is 2.02. The fourth-order valence-electron chi connectivity index (χ4n) is 0.888. The average molecular weight is 164 g/mol. The van der Waals surface area contributed by atoms with E-state index in [0.717, 1.165) is 6.54 Å². The summed E-state index contributed by atoms with van der Waals surface area (Å²) in [6.45, 7) is 7.43. The van der Waals surface area contributed by atoms with E-state index in [-0.39, 0.29) is 5.38 Å². The second kappa shape index (κ2) is 4.97. The van der Waals surface area contributed by atoms with Gasteiger partial charge in [-0.2, -0.15) is 0 Å². The molecule has 62 valence electrons. The first-order chi connectivity index (χ1) is 4.57. The van der Waals surface area contributed by atoms with Gasteiger partial charge in [-0.3, -0.25) is 0 Å². The van der Waals surface area contributed by atoms with Crippen molar-refractivity contribution < 1.29 is 0 Å². The van der Waals surface area contributed by atoms with E-state index in [1.165, 1.54) is 6.42 Å². The topological polar surface area (TPSA) is 3.24 Å². The van der Waals surface area contributed by atoms with Gasteiger partial charge in [-0.1, -0.05) is 6.92 Å². The number of hydrogen-bond donors (Lipinski definition) is 0. The van der Waals surface area contributed by atoms with Gasteiger partial charge in [-0.05, 0) is 27.3 Å². The molecule has 2 atom stereocenters. The van der Waals surface area contributed by atoms with Crippen LogP contribution in [0.4, 0.5) is 0 Å². The minimum Gasteiger partial charge on any atom is -0.302 e. The first-order valence-electron chi connectivity index (χ1n) is 3.92. The van der Waals surface area contributed by atoms with Gasteiger partial charge in [0, 0.05) is 18.0 Å². The Balaban J connectivity index is 3.50. The molecule has 0 aliphatic rings. The summed E-state index contributed by atoms with van der Waals surface area (Å²) in [7, 11) is 2.12. The normalized spacial score (nSPS) is 17.4. The summed E-state index contributed by atoms with van der Waals surface area (Å²) in [5.41, 5.74) is 0. The molecule has 0 radical (unpaired) electrons. The molecule has 0 rings (SSSR count). The Labute approximate surface area is 69.4 Å². The van der Waals surface area contributed by atoms with E-state index in [1.54, 1.807) is 0 Å². The summed E-state index contributed by atoms with van der Waals surface area (Å²) >= 11 is 5.83. The van der Waals surface area contributed by atoms with Crippen molar-refractivity contribution in [1.29, 1.82) is 0 Å². The van der Waals surface area contributed by atoms with E-state index in [4.69, 9.17) is 11.6 Å². The molecule has 1 nitrogen and oxygen atoms in total. The van der Waals surface area contributed by atoms with Crippen molar-refractivity contribution >= 4 is 11.6 Å². The van der Waals surface area contributed by atoms with E-state index in [1.807, 2.05) is 6.92 Å². The minimum absolute atomic E-state index is 0.263. The summed E-state index contributed by atoms with van der Waals surface area (Å²) in [6, 6.07) is 0.654. The summed E-state index contributed by atoms with van der Waals surface area (Å²) in [6.07, 6.45) is 1.19. The highest BCUT2D eigenvalue weighted by atomic mass is 35.5. The highest BCUT2D eigenvalue weighted by Gasteiger charge is 2.08. The van der Waals surface area contributed by atoms with E-state index < -0.39 is 0 Å². The van der Waals surface area contributed by atoms with Gasteiger partial charge in [0.1, 0.15) is 0 Å². The second-order valence-corrected chi connectivity index (χ2v) is 3.72. The van der Waals surface area contributed by atoms with Gasteiger partial charge in [-0.15, -0.1) is 11.6 Å². The zero-order valence-electron chi connectivity index (χ0n) is 7.39. The smallest absolute Gasteiger partial charge is 0.0435 e. The van der Waals surface area contributed by atoms with E-state index in [9.17, 15) is 0 Å². The van der Waals surface area contributed by atoms with Crippen molar-refractivity contribution in [2.75, 3.05) is 13.6 Å². The number of rotatable bonds is 4. The Bertz CT molecular complexity index is 83.3. The van der Waals surface area contributed by atoms with Crippen LogP contribution in [-0.2, 0) is 0 Å². The van der Waals surface area contributed by atoms with Gasteiger partial charge in [0.2, 0.25) is 0 Å². The van der Waals surface area contributed by atoms with Crippen LogP contribution < -0.4 is 0 Å². The van der Waals surface area contributed by atoms with Gasteiger partial charge < -0.3 is 4.90 Å². The van der Waals surface area contributed by atoms with Crippen molar-refractivity contribution in [3.05, 3.63) is 0 Å². The Morgan fingerprint density at radius 1 is 1.40 bits per heavy atom. The molecule has 0 saturated heterocycles. The highest BCUT2D eigenvalue weighted by molar-refractivity contribution is 6.20. The lowest BCUT2D eigenvalue weighted by atomic mass is 10.2. The Morgan fingerprint density at radius 2 is 1.90 bits per heavy atom. The second-order valence-electron chi connectivity index (χ2n) is 2.98. The molecule has 10 heavy (non-hydrogen) atoms. The molecule has 0 N–H and O–H groups in total. The molecule has 0 fully saturated rings. The molecule has 2 heteroatoms. The maximum absolute atomic E-state index is 5.83. The lowest BCUT2D eigenvalue weighted by Gasteiger charge is -2.24. The van der Waals surface area contributed by atoms with Crippen LogP contribution >= 0.6 is 11.6 Å². The standard InChI is InChI=1S/C8H18ClN/c1-5-8(3)10(4)6-7(2)9/h7-8H,5-6H2,1-4H3. The maximum atomic E-state index is 5.83. The molecule has 0 aliphatic heterocycles. The van der Waals surface area contributed by atoms with Crippen LogP contribution in [0.2, 0.25) is 0 Å². The van der Waals surface area contributed by atoms with E-state index in [0.29, 0.717) is 6.04 Å². The summed E-state index contributed by atoms with van der Waals surface area (Å²) in [5.74, 6) is 0. The Hall–Kier alpha value is 0.250. The van der Waals surface area contributed by atoms with Crippen LogP contribution in [0.3, 0.4) is 0 Å². The fraction of sp³-hybridized carbons (Fsp3) is 1.00. The lowest BCUT2D eigenvalue weighted by molar-refractivity contribution is 0.254. The molecular formula is C8H18ClN. The van der Waals surface area contributed by atoms with E-state index in [2.05, 4.69) is 25.8 Å². The molecule has 0 spiro atoms. The number of hydrogen-bond acceptors (Lipinski definition) is 1. The van der Waals surface area contributed by atoms with E-state index >= 15 is 0 Å². The zero-order chi connectivity index (χ0) is 8.15. The maximum Gasteiger partial charge on any atom is 0.0435 e. The number of nitrogens with zero attached hydrogens (tertiary/aromatic N) is 1. The lowest BCUT2D eigenvalue weighted by Crippen LogP contribution is -2.32. The number of alkyl halides is 1. The predicted octanol–water partition coefficient (Wildman–Crippen LogP) is 2.34. The minimum atomic E-state index is 0.263. The van der Waals surface area contributed by atoms with Crippen LogP contribution in [0, 0.1) is 0 Å². The van der Waals surface area contributed by atoms with Gasteiger partial charge in [0.25, 0.3) is 0 Å². The molecule has 0 amide bonds. The highest BCUT2D eigenvalue weighted by Crippen LogP contribution is 2.03. The molecule has 2 unspecified atom stereocenters. The zero-order valence-corrected chi connectivity index (χ0v) is 8.15. The quantitative estimate of drug-likeness (QED) is 0.576. The van der Waals surface area contributed by atoms with Crippen LogP contribution in [-0.4, -0.2) is 29.9 Å². The molecule has 0 heterocycles. The first-order valence-corrected chi connectivity index (χ1v) is 4.35. The predicted molar refractivity (Wildman–Crippen MR) is 47.7 cm³/mol. The molecule has 0 aromatic heterocycles. The van der Waals surface area contributed by atoms with Crippen molar-refractivity contribution in [2.24, 2.45) is 0 Å². The van der Waals surface area contributed by atoms with Crippen molar-refractivity contribution in [3.63, 3.8) is 0 Å². The molecular weight excluding hydrogens is 146 g/mol. The molecule has 0 aromatic carbocycles. The molecule has 0 aliphatic carbocycles. The third kappa shape index (κ3) is 4.13. The monoisotopic (exact) mass is 163 g/mol. The number of halogens is 1. The van der Waals surface area contributed by atoms with Crippen molar-refractivity contribution in [3.8, 4) is 0 Å². The SMILES string of the molecule is CCC(C)N(C)CC(C)Cl. The van der Waals surface area contributed by atoms with Crippen molar-refractivity contribution in [2.45, 2.75) is 38.6 Å². The van der Waals surface area contributed by atoms with Crippen LogP contribution in [0.5, 0.6) is 0 Å². The summed E-state index contributed by atoms with van der Waals surface area (Å²) in [5, 5.41) is 0.263. The van der Waals surface area contributed by atoms with Gasteiger partial charge in [0.15, 0.2) is 0 Å².